The molecule has 1 heterocycles. The third-order valence-corrected chi connectivity index (χ3v) is 6.81. The highest BCUT2D eigenvalue weighted by Crippen LogP contribution is 2.20. The lowest BCUT2D eigenvalue weighted by atomic mass is 10.0. The van der Waals surface area contributed by atoms with Crippen molar-refractivity contribution in [1.29, 1.82) is 0 Å². The Labute approximate surface area is 186 Å². The summed E-state index contributed by atoms with van der Waals surface area (Å²) in [6, 6.07) is 6.73. The highest BCUT2D eigenvalue weighted by molar-refractivity contribution is 7.89. The van der Waals surface area contributed by atoms with E-state index in [-0.39, 0.29) is 42.9 Å². The molecule has 1 aliphatic rings. The van der Waals surface area contributed by atoms with Crippen molar-refractivity contribution in [1.82, 2.24) is 14.5 Å². The van der Waals surface area contributed by atoms with Crippen molar-refractivity contribution in [2.75, 3.05) is 26.2 Å². The van der Waals surface area contributed by atoms with Gasteiger partial charge in [0.2, 0.25) is 10.0 Å². The lowest BCUT2D eigenvalue weighted by Crippen LogP contribution is -2.54. The van der Waals surface area contributed by atoms with E-state index in [1.54, 1.807) is 29.2 Å². The van der Waals surface area contributed by atoms with E-state index in [1.807, 2.05) is 41.5 Å². The zero-order valence-electron chi connectivity index (χ0n) is 19.3. The van der Waals surface area contributed by atoms with Crippen LogP contribution in [0.3, 0.4) is 0 Å². The van der Waals surface area contributed by atoms with Crippen LogP contribution in [0.5, 0.6) is 0 Å². The second-order valence-corrected chi connectivity index (χ2v) is 11.4. The molecule has 1 fully saturated rings. The molecular weight excluding hydrogens is 418 g/mol. The first-order valence-electron chi connectivity index (χ1n) is 10.6. The van der Waals surface area contributed by atoms with Crippen molar-refractivity contribution < 1.29 is 22.7 Å². The van der Waals surface area contributed by atoms with Gasteiger partial charge in [-0.25, -0.2) is 13.2 Å². The Bertz CT molecular complexity index is 867. The van der Waals surface area contributed by atoms with Crippen LogP contribution < -0.4 is 5.32 Å². The molecule has 1 aliphatic heterocycles. The van der Waals surface area contributed by atoms with E-state index < -0.39 is 27.8 Å². The zero-order chi connectivity index (χ0) is 23.4. The van der Waals surface area contributed by atoms with Crippen LogP contribution >= 0.6 is 0 Å². The van der Waals surface area contributed by atoms with Crippen LogP contribution in [0.1, 0.15) is 46.6 Å². The molecule has 8 nitrogen and oxygen atoms in total. The van der Waals surface area contributed by atoms with Crippen molar-refractivity contribution in [2.45, 2.75) is 64.5 Å². The maximum atomic E-state index is 13.1. The Balaban J connectivity index is 2.03. The molecule has 1 N–H and O–H groups in total. The molecule has 0 aromatic heterocycles. The first-order chi connectivity index (χ1) is 14.3. The van der Waals surface area contributed by atoms with E-state index in [4.69, 9.17) is 4.74 Å². The molecule has 0 spiro atoms. The molecule has 0 saturated carbocycles. The van der Waals surface area contributed by atoms with Gasteiger partial charge >= 0.3 is 6.09 Å². The molecule has 1 atom stereocenters. The van der Waals surface area contributed by atoms with Gasteiger partial charge < -0.3 is 15.0 Å². The molecule has 2 amide bonds. The van der Waals surface area contributed by atoms with Gasteiger partial charge in [-0.05, 0) is 52.2 Å². The van der Waals surface area contributed by atoms with E-state index in [2.05, 4.69) is 5.32 Å². The fraction of sp³-hybridized carbons (Fsp3) is 0.636. The first-order valence-corrected chi connectivity index (χ1v) is 12.1. The minimum Gasteiger partial charge on any atom is -0.436 e. The van der Waals surface area contributed by atoms with Crippen LogP contribution in [0.15, 0.2) is 29.2 Å². The number of amides is 2. The topological polar surface area (TPSA) is 96.0 Å². The van der Waals surface area contributed by atoms with Gasteiger partial charge in [0.15, 0.2) is 6.10 Å². The van der Waals surface area contributed by atoms with E-state index in [9.17, 15) is 18.0 Å². The Hall–Kier alpha value is -2.13. The average molecular weight is 454 g/mol. The van der Waals surface area contributed by atoms with Gasteiger partial charge in [-0.2, -0.15) is 4.31 Å². The van der Waals surface area contributed by atoms with Crippen LogP contribution in [0.25, 0.3) is 0 Å². The highest BCUT2D eigenvalue weighted by Gasteiger charge is 2.34. The maximum Gasteiger partial charge on any atom is 0.408 e. The van der Waals surface area contributed by atoms with E-state index in [0.29, 0.717) is 6.42 Å². The number of ether oxygens (including phenoxy) is 1. The lowest BCUT2D eigenvalue weighted by Gasteiger charge is -2.36. The molecule has 2 rings (SSSR count). The minimum absolute atomic E-state index is 0.152. The number of hydrogen-bond acceptors (Lipinski definition) is 5. The summed E-state index contributed by atoms with van der Waals surface area (Å²) in [6.07, 6.45) is -1.13. The second-order valence-electron chi connectivity index (χ2n) is 9.44. The van der Waals surface area contributed by atoms with Gasteiger partial charge in [0.25, 0.3) is 5.91 Å². The van der Waals surface area contributed by atoms with Crippen LogP contribution in [0.4, 0.5) is 4.79 Å². The number of sulfonamides is 1. The summed E-state index contributed by atoms with van der Waals surface area (Å²) in [4.78, 5) is 27.1. The minimum atomic E-state index is -3.61. The number of nitrogens with zero attached hydrogens (tertiary/aromatic N) is 2. The van der Waals surface area contributed by atoms with Crippen molar-refractivity contribution in [3.8, 4) is 0 Å². The number of aryl methyl sites for hydroxylation is 1. The number of piperazine rings is 1. The number of carbonyl (C=O) groups excluding carboxylic acids is 2. The molecule has 9 heteroatoms. The molecule has 1 unspecified atom stereocenters. The molecule has 0 bridgehead atoms. The Morgan fingerprint density at radius 2 is 1.61 bits per heavy atom. The smallest absolute Gasteiger partial charge is 0.408 e. The van der Waals surface area contributed by atoms with Crippen LogP contribution in [0, 0.1) is 12.8 Å². The predicted molar refractivity (Wildman–Crippen MR) is 119 cm³/mol. The van der Waals surface area contributed by atoms with E-state index >= 15 is 0 Å². The van der Waals surface area contributed by atoms with Gasteiger partial charge in [0.05, 0.1) is 4.90 Å². The molecule has 1 aromatic carbocycles. The number of nitrogens with one attached hydrogen (secondary N) is 1. The Morgan fingerprint density at radius 1 is 1.06 bits per heavy atom. The summed E-state index contributed by atoms with van der Waals surface area (Å²) in [6.45, 7) is 12.2. The van der Waals surface area contributed by atoms with Crippen LogP contribution in [-0.4, -0.2) is 67.4 Å². The summed E-state index contributed by atoms with van der Waals surface area (Å²) in [7, 11) is -3.61. The fourth-order valence-electron chi connectivity index (χ4n) is 3.30. The third-order valence-electron chi connectivity index (χ3n) is 4.90. The van der Waals surface area contributed by atoms with Gasteiger partial charge in [0.1, 0.15) is 0 Å². The lowest BCUT2D eigenvalue weighted by molar-refractivity contribution is -0.142. The predicted octanol–water partition coefficient (Wildman–Crippen LogP) is 2.77. The van der Waals surface area contributed by atoms with E-state index in [1.165, 1.54) is 4.31 Å². The number of hydrogen-bond donors (Lipinski definition) is 1. The van der Waals surface area contributed by atoms with Crippen molar-refractivity contribution in [2.24, 2.45) is 5.92 Å². The third kappa shape index (κ3) is 7.21. The van der Waals surface area contributed by atoms with Gasteiger partial charge in [-0.1, -0.05) is 31.5 Å². The van der Waals surface area contributed by atoms with Crippen molar-refractivity contribution in [3.05, 3.63) is 29.8 Å². The van der Waals surface area contributed by atoms with Gasteiger partial charge in [-0.15, -0.1) is 0 Å². The maximum absolute atomic E-state index is 13.1. The van der Waals surface area contributed by atoms with Gasteiger partial charge in [-0.3, -0.25) is 4.79 Å². The standard InChI is InChI=1S/C22H35N3O5S/c1-16(2)15-19(30-21(27)23-22(4,5)6)20(26)24-11-13-25(14-12-24)31(28,29)18-9-7-17(3)8-10-18/h7-10,16,19H,11-15H2,1-6H3,(H,23,27). The molecule has 1 saturated heterocycles. The second kappa shape index (κ2) is 9.99. The average Bonchev–Trinajstić information content (AvgIpc) is 2.65. The van der Waals surface area contributed by atoms with Crippen molar-refractivity contribution in [3.63, 3.8) is 0 Å². The number of rotatable bonds is 6. The zero-order valence-corrected chi connectivity index (χ0v) is 20.2. The SMILES string of the molecule is Cc1ccc(S(=O)(=O)N2CCN(C(=O)C(CC(C)C)OC(=O)NC(C)(C)C)CC2)cc1. The van der Waals surface area contributed by atoms with Gasteiger partial charge in [0, 0.05) is 31.7 Å². The summed E-state index contributed by atoms with van der Waals surface area (Å²) in [5.74, 6) is -0.135. The van der Waals surface area contributed by atoms with Crippen molar-refractivity contribution >= 4 is 22.0 Å². The summed E-state index contributed by atoms with van der Waals surface area (Å²) in [5.41, 5.74) is 0.513. The Kier molecular flexibility index (Phi) is 8.10. The summed E-state index contributed by atoms with van der Waals surface area (Å²) < 4.78 is 32.6. The molecular formula is C22H35N3O5S. The first kappa shape index (κ1) is 25.1. The normalized spacial score (nSPS) is 16.8. The highest BCUT2D eigenvalue weighted by atomic mass is 32.2. The molecule has 0 radical (unpaired) electrons. The summed E-state index contributed by atoms with van der Waals surface area (Å²) >= 11 is 0. The molecule has 31 heavy (non-hydrogen) atoms. The Morgan fingerprint density at radius 3 is 2.10 bits per heavy atom. The fourth-order valence-corrected chi connectivity index (χ4v) is 4.73. The van der Waals surface area contributed by atoms with Crippen LogP contribution in [-0.2, 0) is 19.6 Å². The molecule has 1 aromatic rings. The van der Waals surface area contributed by atoms with Crippen LogP contribution in [0.2, 0.25) is 0 Å². The number of carbonyl (C=O) groups is 2. The van der Waals surface area contributed by atoms with E-state index in [0.717, 1.165) is 5.56 Å². The number of alkyl carbamates (subject to hydrolysis) is 1. The molecule has 174 valence electrons. The largest absolute Gasteiger partial charge is 0.436 e. The summed E-state index contributed by atoms with van der Waals surface area (Å²) in [5, 5.41) is 2.71. The monoisotopic (exact) mass is 453 g/mol. The number of benzene rings is 1. The quantitative estimate of drug-likeness (QED) is 0.715. The molecule has 0 aliphatic carbocycles.